The SMILES string of the molecule is COC(=O)NC(CCCCNC(=O)OCCCCOC(=O)NCCCCC(NC(=O)OC)C(=O)O)C(=O)O. The summed E-state index contributed by atoms with van der Waals surface area (Å²) in [5.41, 5.74) is 0. The summed E-state index contributed by atoms with van der Waals surface area (Å²) in [6.45, 7) is 0.771. The number of carbonyl (C=O) groups is 6. The zero-order chi connectivity index (χ0) is 28.8. The second kappa shape index (κ2) is 21.1. The predicted octanol–water partition coefficient (Wildman–Crippen LogP) is 1.18. The molecule has 0 fully saturated rings. The molecule has 0 aliphatic carbocycles. The molecule has 0 saturated heterocycles. The second-order valence-electron chi connectivity index (χ2n) is 7.88. The van der Waals surface area contributed by atoms with E-state index in [9.17, 15) is 28.8 Å². The van der Waals surface area contributed by atoms with E-state index in [1.54, 1.807) is 0 Å². The van der Waals surface area contributed by atoms with E-state index in [2.05, 4.69) is 30.7 Å². The van der Waals surface area contributed by atoms with E-state index in [1.807, 2.05) is 0 Å². The van der Waals surface area contributed by atoms with Crippen LogP contribution < -0.4 is 21.3 Å². The molecule has 16 heteroatoms. The van der Waals surface area contributed by atoms with Crippen molar-refractivity contribution in [1.82, 2.24) is 21.3 Å². The van der Waals surface area contributed by atoms with Gasteiger partial charge in [0.15, 0.2) is 0 Å². The van der Waals surface area contributed by atoms with Gasteiger partial charge in [0.2, 0.25) is 0 Å². The summed E-state index contributed by atoms with van der Waals surface area (Å²) in [7, 11) is 2.27. The summed E-state index contributed by atoms with van der Waals surface area (Å²) in [5.74, 6) is -2.36. The van der Waals surface area contributed by atoms with Crippen molar-refractivity contribution in [3.63, 3.8) is 0 Å². The average Bonchev–Trinajstić information content (AvgIpc) is 2.88. The Morgan fingerprint density at radius 2 is 0.947 bits per heavy atom. The van der Waals surface area contributed by atoms with E-state index in [0.29, 0.717) is 38.5 Å². The van der Waals surface area contributed by atoms with Crippen molar-refractivity contribution >= 4 is 36.3 Å². The third kappa shape index (κ3) is 18.3. The van der Waals surface area contributed by atoms with Gasteiger partial charge in [-0.3, -0.25) is 0 Å². The van der Waals surface area contributed by atoms with Gasteiger partial charge >= 0.3 is 36.3 Å². The molecule has 0 heterocycles. The zero-order valence-electron chi connectivity index (χ0n) is 21.6. The van der Waals surface area contributed by atoms with Crippen LogP contribution in [0.25, 0.3) is 0 Å². The van der Waals surface area contributed by atoms with Crippen LogP contribution in [0.4, 0.5) is 19.2 Å². The standard InChI is InChI=1S/C22H38N4O12/c1-35-21(33)25-15(17(27)28)9-3-5-11-23-19(31)37-13-7-8-14-38-20(32)24-12-6-4-10-16(18(29)30)26-22(34)36-2/h15-16H,3-14H2,1-2H3,(H,23,31)(H,24,32)(H,25,33)(H,26,34)(H,27,28)(H,29,30). The van der Waals surface area contributed by atoms with Crippen LogP contribution in [0.15, 0.2) is 0 Å². The Hall–Kier alpha value is -3.98. The number of aliphatic carboxylic acids is 2. The van der Waals surface area contributed by atoms with Crippen LogP contribution in [0.1, 0.15) is 51.4 Å². The summed E-state index contributed by atoms with van der Waals surface area (Å²) in [6, 6.07) is -2.15. The number of alkyl carbamates (subject to hydrolysis) is 4. The van der Waals surface area contributed by atoms with E-state index in [-0.39, 0.29) is 39.1 Å². The molecule has 0 spiro atoms. The normalized spacial score (nSPS) is 11.7. The number of methoxy groups -OCH3 is 2. The van der Waals surface area contributed by atoms with Gasteiger partial charge in [0.25, 0.3) is 0 Å². The summed E-state index contributed by atoms with van der Waals surface area (Å²) in [6.07, 6.45) is 0.200. The highest BCUT2D eigenvalue weighted by Crippen LogP contribution is 2.03. The van der Waals surface area contributed by atoms with Gasteiger partial charge < -0.3 is 50.4 Å². The lowest BCUT2D eigenvalue weighted by Gasteiger charge is -2.13. The van der Waals surface area contributed by atoms with E-state index < -0.39 is 48.4 Å². The summed E-state index contributed by atoms with van der Waals surface area (Å²) in [4.78, 5) is 67.6. The van der Waals surface area contributed by atoms with Gasteiger partial charge in [0.1, 0.15) is 12.1 Å². The molecule has 4 amide bonds. The highest BCUT2D eigenvalue weighted by molar-refractivity contribution is 5.80. The maximum absolute atomic E-state index is 11.6. The molecule has 2 atom stereocenters. The first-order valence-electron chi connectivity index (χ1n) is 12.1. The van der Waals surface area contributed by atoms with Gasteiger partial charge in [0, 0.05) is 13.1 Å². The van der Waals surface area contributed by atoms with Gasteiger partial charge in [-0.25, -0.2) is 28.8 Å². The average molecular weight is 551 g/mol. The van der Waals surface area contributed by atoms with Crippen molar-refractivity contribution in [3.05, 3.63) is 0 Å². The van der Waals surface area contributed by atoms with Crippen molar-refractivity contribution in [2.75, 3.05) is 40.5 Å². The first kappa shape index (κ1) is 34.0. The third-order valence-corrected chi connectivity index (χ3v) is 4.93. The molecule has 6 N–H and O–H groups in total. The number of carboxylic acid groups (broad SMARTS) is 2. The predicted molar refractivity (Wildman–Crippen MR) is 130 cm³/mol. The van der Waals surface area contributed by atoms with Crippen molar-refractivity contribution < 1.29 is 57.9 Å². The monoisotopic (exact) mass is 550 g/mol. The number of nitrogens with one attached hydrogen (secondary N) is 4. The first-order valence-corrected chi connectivity index (χ1v) is 12.1. The number of hydrogen-bond donors (Lipinski definition) is 6. The number of unbranched alkanes of at least 4 members (excludes halogenated alkanes) is 3. The fraction of sp³-hybridized carbons (Fsp3) is 0.727. The number of rotatable bonds is 19. The topological polar surface area (TPSA) is 228 Å². The highest BCUT2D eigenvalue weighted by atomic mass is 16.6. The van der Waals surface area contributed by atoms with E-state index in [4.69, 9.17) is 19.7 Å². The molecule has 0 aliphatic rings. The summed E-state index contributed by atoms with van der Waals surface area (Å²) in [5, 5.41) is 27.6. The molecular weight excluding hydrogens is 512 g/mol. The molecule has 0 saturated carbocycles. The Balaban J connectivity index is 3.73. The summed E-state index contributed by atoms with van der Waals surface area (Å²) >= 11 is 0. The number of ether oxygens (including phenoxy) is 4. The van der Waals surface area contributed by atoms with E-state index in [0.717, 1.165) is 14.2 Å². The minimum atomic E-state index is -1.18. The van der Waals surface area contributed by atoms with Crippen molar-refractivity contribution in [3.8, 4) is 0 Å². The first-order chi connectivity index (χ1) is 18.1. The quantitative estimate of drug-likeness (QED) is 0.0984. The molecule has 38 heavy (non-hydrogen) atoms. The molecule has 2 unspecified atom stereocenters. The number of carboxylic acids is 2. The van der Waals surface area contributed by atoms with Crippen LogP contribution in [-0.4, -0.2) is 99.1 Å². The molecule has 0 aromatic heterocycles. The highest BCUT2D eigenvalue weighted by Gasteiger charge is 2.20. The molecule has 16 nitrogen and oxygen atoms in total. The van der Waals surface area contributed by atoms with Gasteiger partial charge in [-0.05, 0) is 51.4 Å². The van der Waals surface area contributed by atoms with E-state index >= 15 is 0 Å². The lowest BCUT2D eigenvalue weighted by molar-refractivity contribution is -0.140. The van der Waals surface area contributed by atoms with Crippen LogP contribution >= 0.6 is 0 Å². The Labute approximate surface area is 220 Å². The lowest BCUT2D eigenvalue weighted by atomic mass is 10.1. The van der Waals surface area contributed by atoms with Crippen molar-refractivity contribution in [2.24, 2.45) is 0 Å². The van der Waals surface area contributed by atoms with Crippen molar-refractivity contribution in [2.45, 2.75) is 63.5 Å². The number of hydrogen-bond acceptors (Lipinski definition) is 10. The maximum atomic E-state index is 11.6. The minimum Gasteiger partial charge on any atom is -0.480 e. The van der Waals surface area contributed by atoms with Crippen LogP contribution in [0, 0.1) is 0 Å². The Morgan fingerprint density at radius 1 is 0.579 bits per heavy atom. The fourth-order valence-corrected chi connectivity index (χ4v) is 2.88. The minimum absolute atomic E-state index is 0.116. The Morgan fingerprint density at radius 3 is 1.26 bits per heavy atom. The van der Waals surface area contributed by atoms with E-state index in [1.165, 1.54) is 0 Å². The molecule has 0 rings (SSSR count). The Kier molecular flexibility index (Phi) is 18.9. The fourth-order valence-electron chi connectivity index (χ4n) is 2.88. The molecular formula is C22H38N4O12. The Bertz CT molecular complexity index is 703. The van der Waals surface area contributed by atoms with Gasteiger partial charge in [-0.2, -0.15) is 0 Å². The third-order valence-electron chi connectivity index (χ3n) is 4.93. The number of carbonyl (C=O) groups excluding carboxylic acids is 4. The van der Waals surface area contributed by atoms with Crippen LogP contribution in [0.5, 0.6) is 0 Å². The maximum Gasteiger partial charge on any atom is 0.407 e. The van der Waals surface area contributed by atoms with Crippen molar-refractivity contribution in [1.29, 1.82) is 0 Å². The summed E-state index contributed by atoms with van der Waals surface area (Å²) < 4.78 is 18.7. The molecule has 0 aliphatic heterocycles. The zero-order valence-corrected chi connectivity index (χ0v) is 21.6. The van der Waals surface area contributed by atoms with Gasteiger partial charge in [-0.1, -0.05) is 0 Å². The molecule has 0 aromatic rings. The van der Waals surface area contributed by atoms with Crippen LogP contribution in [0.2, 0.25) is 0 Å². The molecule has 0 aromatic carbocycles. The van der Waals surface area contributed by atoms with Gasteiger partial charge in [-0.15, -0.1) is 0 Å². The molecule has 0 bridgehead atoms. The van der Waals surface area contributed by atoms with Crippen LogP contribution in [0.3, 0.4) is 0 Å². The molecule has 0 radical (unpaired) electrons. The number of amides is 4. The largest absolute Gasteiger partial charge is 0.480 e. The molecule has 218 valence electrons. The lowest BCUT2D eigenvalue weighted by Crippen LogP contribution is -2.40. The van der Waals surface area contributed by atoms with Gasteiger partial charge in [0.05, 0.1) is 27.4 Å². The van der Waals surface area contributed by atoms with Crippen LogP contribution in [-0.2, 0) is 28.5 Å². The smallest absolute Gasteiger partial charge is 0.407 e. The second-order valence-corrected chi connectivity index (χ2v) is 7.88.